The Kier molecular flexibility index (Phi) is 5.50. The van der Waals surface area contributed by atoms with E-state index in [-0.39, 0.29) is 6.61 Å². The van der Waals surface area contributed by atoms with Gasteiger partial charge in [0.05, 0.1) is 0 Å². The van der Waals surface area contributed by atoms with Crippen molar-refractivity contribution in [3.8, 4) is 18.1 Å². The van der Waals surface area contributed by atoms with E-state index in [1.54, 1.807) is 12.3 Å². The molecule has 1 aromatic heterocycles. The Hall–Kier alpha value is -3.24. The predicted molar refractivity (Wildman–Crippen MR) is 118 cm³/mol. The fourth-order valence-electron chi connectivity index (χ4n) is 3.89. The molecule has 0 bridgehead atoms. The van der Waals surface area contributed by atoms with Crippen LogP contribution in [0.25, 0.3) is 10.9 Å². The minimum Gasteiger partial charge on any atom is -0.481 e. The number of carbonyl (C=O) groups is 2. The van der Waals surface area contributed by atoms with Crippen molar-refractivity contribution in [2.45, 2.75) is 25.6 Å². The zero-order chi connectivity index (χ0) is 22.2. The number of aromatic amines is 1. The van der Waals surface area contributed by atoms with Crippen LogP contribution in [0, 0.1) is 18.3 Å². The second-order valence-corrected chi connectivity index (χ2v) is 8.58. The lowest BCUT2D eigenvalue weighted by Crippen LogP contribution is -2.48. The summed E-state index contributed by atoms with van der Waals surface area (Å²) < 4.78 is 17.4. The van der Waals surface area contributed by atoms with Gasteiger partial charge in [-0.15, -0.1) is 6.42 Å². The molecule has 158 valence electrons. The molecule has 0 unspecified atom stereocenters. The van der Waals surface area contributed by atoms with Crippen LogP contribution in [-0.2, 0) is 19.1 Å². The summed E-state index contributed by atoms with van der Waals surface area (Å²) in [6.07, 6.45) is 7.17. The average molecular weight is 482 g/mol. The molecule has 1 saturated heterocycles. The number of benzene rings is 2. The summed E-state index contributed by atoms with van der Waals surface area (Å²) in [7, 11) is 0. The van der Waals surface area contributed by atoms with E-state index in [1.165, 1.54) is 13.8 Å². The summed E-state index contributed by atoms with van der Waals surface area (Å²) in [6, 6.07) is 13.0. The van der Waals surface area contributed by atoms with Crippen LogP contribution in [0.4, 0.5) is 0 Å². The molecule has 0 spiro atoms. The molecule has 4 rings (SSSR count). The molecule has 31 heavy (non-hydrogen) atoms. The topological polar surface area (TPSA) is 77.6 Å². The highest BCUT2D eigenvalue weighted by Crippen LogP contribution is 2.44. The Morgan fingerprint density at radius 1 is 1.16 bits per heavy atom. The van der Waals surface area contributed by atoms with Gasteiger partial charge in [-0.1, -0.05) is 40.0 Å². The molecule has 0 radical (unpaired) electrons. The van der Waals surface area contributed by atoms with Gasteiger partial charge in [0.2, 0.25) is 0 Å². The highest BCUT2D eigenvalue weighted by Gasteiger charge is 2.49. The fourth-order valence-corrected chi connectivity index (χ4v) is 4.27. The minimum atomic E-state index is -1.32. The number of H-pyrrole nitrogens is 1. The molecule has 6 nitrogen and oxygen atoms in total. The lowest BCUT2D eigenvalue weighted by atomic mass is 9.79. The van der Waals surface area contributed by atoms with Crippen molar-refractivity contribution in [1.29, 1.82) is 0 Å². The standard InChI is InChI=1S/C24H20BrNO5/c1-4-11-29-19-10-9-14(25)12-16(19)20(17-13-26-18-8-6-5-7-15(17)18)21-22(27)30-24(2,3)31-23(21)28/h1,5-10,12-13,20-21,26H,11H2,2-3H3/t20-/m0/s1. The Bertz CT molecular complexity index is 1190. The summed E-state index contributed by atoms with van der Waals surface area (Å²) in [5.41, 5.74) is 2.24. The number of nitrogens with one attached hydrogen (secondary N) is 1. The number of terminal acetylenes is 1. The first-order valence-corrected chi connectivity index (χ1v) is 10.5. The third-order valence-corrected chi connectivity index (χ3v) is 5.60. The first-order chi connectivity index (χ1) is 14.8. The first-order valence-electron chi connectivity index (χ1n) is 9.68. The number of halogens is 1. The third kappa shape index (κ3) is 4.04. The van der Waals surface area contributed by atoms with Gasteiger partial charge in [-0.3, -0.25) is 9.59 Å². The largest absolute Gasteiger partial charge is 0.481 e. The smallest absolute Gasteiger partial charge is 0.324 e. The molecule has 2 heterocycles. The molecule has 0 saturated carbocycles. The van der Waals surface area contributed by atoms with Crippen molar-refractivity contribution >= 4 is 38.8 Å². The van der Waals surface area contributed by atoms with Crippen LogP contribution in [0.5, 0.6) is 5.75 Å². The maximum atomic E-state index is 13.1. The first kappa shape index (κ1) is 21.0. The van der Waals surface area contributed by atoms with Gasteiger partial charge in [0.1, 0.15) is 12.4 Å². The van der Waals surface area contributed by atoms with E-state index in [9.17, 15) is 9.59 Å². The number of cyclic esters (lactones) is 2. The van der Waals surface area contributed by atoms with Crippen molar-refractivity contribution in [2.75, 3.05) is 6.61 Å². The number of carbonyl (C=O) groups excluding carboxylic acids is 2. The van der Waals surface area contributed by atoms with Crippen molar-refractivity contribution < 1.29 is 23.8 Å². The average Bonchev–Trinajstić information content (AvgIpc) is 3.13. The van der Waals surface area contributed by atoms with Crippen molar-refractivity contribution in [3.05, 3.63) is 64.3 Å². The van der Waals surface area contributed by atoms with Crippen molar-refractivity contribution in [2.24, 2.45) is 5.92 Å². The van der Waals surface area contributed by atoms with Crippen molar-refractivity contribution in [3.63, 3.8) is 0 Å². The highest BCUT2D eigenvalue weighted by molar-refractivity contribution is 9.10. The van der Waals surface area contributed by atoms with Gasteiger partial charge < -0.3 is 19.2 Å². The third-order valence-electron chi connectivity index (χ3n) is 5.11. The lowest BCUT2D eigenvalue weighted by Gasteiger charge is -2.36. The van der Waals surface area contributed by atoms with E-state index in [4.69, 9.17) is 20.6 Å². The summed E-state index contributed by atoms with van der Waals surface area (Å²) in [6.45, 7) is 3.10. The number of hydrogen-bond acceptors (Lipinski definition) is 5. The Morgan fingerprint density at radius 3 is 2.58 bits per heavy atom. The van der Waals surface area contributed by atoms with Gasteiger partial charge >= 0.3 is 11.9 Å². The second kappa shape index (κ2) is 8.12. The fraction of sp³-hybridized carbons (Fsp3) is 0.250. The molecule has 1 fully saturated rings. The molecule has 7 heteroatoms. The van der Waals surface area contributed by atoms with Crippen molar-refractivity contribution in [1.82, 2.24) is 4.98 Å². The quantitative estimate of drug-likeness (QED) is 0.329. The van der Waals surface area contributed by atoms with Crippen LogP contribution >= 0.6 is 15.9 Å². The van der Waals surface area contributed by atoms with E-state index >= 15 is 0 Å². The summed E-state index contributed by atoms with van der Waals surface area (Å²) >= 11 is 3.48. The molecule has 1 atom stereocenters. The lowest BCUT2D eigenvalue weighted by molar-refractivity contribution is -0.240. The highest BCUT2D eigenvalue weighted by atomic mass is 79.9. The van der Waals surface area contributed by atoms with Gasteiger partial charge in [0, 0.05) is 46.9 Å². The van der Waals surface area contributed by atoms with Gasteiger partial charge in [0.15, 0.2) is 5.92 Å². The predicted octanol–water partition coefficient (Wildman–Crippen LogP) is 4.53. The normalized spacial score (nSPS) is 17.0. The van der Waals surface area contributed by atoms with E-state index in [1.807, 2.05) is 36.4 Å². The van der Waals surface area contributed by atoms with E-state index in [0.29, 0.717) is 11.3 Å². The monoisotopic (exact) mass is 481 g/mol. The zero-order valence-electron chi connectivity index (χ0n) is 17.0. The molecule has 2 aromatic carbocycles. The molecule has 1 aliphatic rings. The summed E-state index contributed by atoms with van der Waals surface area (Å²) in [4.78, 5) is 29.3. The van der Waals surface area contributed by atoms with E-state index in [0.717, 1.165) is 20.9 Å². The van der Waals surface area contributed by atoms with Crippen LogP contribution in [0.1, 0.15) is 30.9 Å². The van der Waals surface area contributed by atoms with Crippen LogP contribution < -0.4 is 4.74 Å². The molecular weight excluding hydrogens is 462 g/mol. The van der Waals surface area contributed by atoms with Gasteiger partial charge in [0.25, 0.3) is 5.79 Å². The second-order valence-electron chi connectivity index (χ2n) is 7.66. The summed E-state index contributed by atoms with van der Waals surface area (Å²) in [5.74, 6) is -1.65. The summed E-state index contributed by atoms with van der Waals surface area (Å²) in [5, 5.41) is 0.876. The van der Waals surface area contributed by atoms with Gasteiger partial charge in [-0.25, -0.2) is 0 Å². The Balaban J connectivity index is 1.93. The molecule has 0 amide bonds. The van der Waals surface area contributed by atoms with E-state index < -0.39 is 29.6 Å². The number of hydrogen-bond donors (Lipinski definition) is 1. The maximum Gasteiger partial charge on any atom is 0.324 e. The molecule has 1 aliphatic heterocycles. The SMILES string of the molecule is C#CCOc1ccc(Br)cc1[C@@H](c1c[nH]c2ccccc12)C1C(=O)OC(C)(C)OC1=O. The Morgan fingerprint density at radius 2 is 1.87 bits per heavy atom. The number of fused-ring (bicyclic) bond motifs is 1. The number of aromatic nitrogens is 1. The van der Waals surface area contributed by atoms with Crippen LogP contribution in [0.2, 0.25) is 0 Å². The van der Waals surface area contributed by atoms with Crippen LogP contribution in [-0.4, -0.2) is 29.3 Å². The van der Waals surface area contributed by atoms with Gasteiger partial charge in [-0.2, -0.15) is 0 Å². The molecule has 3 aromatic rings. The van der Waals surface area contributed by atoms with E-state index in [2.05, 4.69) is 26.8 Å². The van der Waals surface area contributed by atoms with Crippen LogP contribution in [0.3, 0.4) is 0 Å². The van der Waals surface area contributed by atoms with Crippen LogP contribution in [0.15, 0.2) is 53.1 Å². The molecule has 1 N–H and O–H groups in total. The number of ether oxygens (including phenoxy) is 3. The minimum absolute atomic E-state index is 0.0435. The number of rotatable bonds is 5. The molecular formula is C24H20BrNO5. The maximum absolute atomic E-state index is 13.1. The van der Waals surface area contributed by atoms with Gasteiger partial charge in [-0.05, 0) is 29.8 Å². The number of esters is 2. The Labute approximate surface area is 188 Å². The number of para-hydroxylation sites is 1. The zero-order valence-corrected chi connectivity index (χ0v) is 18.6. The molecule has 0 aliphatic carbocycles.